The molecule has 2 aromatic carbocycles. The van der Waals surface area contributed by atoms with Crippen LogP contribution in [0.4, 0.5) is 10.8 Å². The Morgan fingerprint density at radius 1 is 1.17 bits per heavy atom. The SMILES string of the molecule is COc1cccc2sc(N(CCN(C)C)C(=O)c3ccc([N+](=O)[O-])cc3)nc12.Cl. The van der Waals surface area contributed by atoms with Crippen molar-refractivity contribution in [3.05, 3.63) is 58.1 Å². The highest BCUT2D eigenvalue weighted by atomic mass is 35.5. The van der Waals surface area contributed by atoms with Crippen LogP contribution in [-0.2, 0) is 0 Å². The fourth-order valence-corrected chi connectivity index (χ4v) is 3.66. The fraction of sp³-hybridized carbons (Fsp3) is 0.263. The fourth-order valence-electron chi connectivity index (χ4n) is 2.66. The highest BCUT2D eigenvalue weighted by molar-refractivity contribution is 7.22. The second-order valence-corrected chi connectivity index (χ2v) is 7.38. The molecule has 0 aliphatic heterocycles. The van der Waals surface area contributed by atoms with Crippen molar-refractivity contribution in [2.75, 3.05) is 39.2 Å². The molecular weight excluding hydrogens is 416 g/mol. The summed E-state index contributed by atoms with van der Waals surface area (Å²) < 4.78 is 6.29. The first-order valence-corrected chi connectivity index (χ1v) is 9.37. The summed E-state index contributed by atoms with van der Waals surface area (Å²) in [6, 6.07) is 11.2. The first kappa shape index (κ1) is 22.5. The number of hydrogen-bond donors (Lipinski definition) is 0. The molecule has 0 saturated carbocycles. The first-order chi connectivity index (χ1) is 13.4. The van der Waals surface area contributed by atoms with Crippen LogP contribution < -0.4 is 9.64 Å². The Balaban J connectivity index is 0.00000300. The number of carbonyl (C=O) groups excluding carboxylic acids is 1. The Morgan fingerprint density at radius 2 is 1.86 bits per heavy atom. The van der Waals surface area contributed by atoms with Crippen LogP contribution in [0.15, 0.2) is 42.5 Å². The predicted molar refractivity (Wildman–Crippen MR) is 117 cm³/mol. The molecule has 0 N–H and O–H groups in total. The highest BCUT2D eigenvalue weighted by Crippen LogP contribution is 2.34. The lowest BCUT2D eigenvalue weighted by atomic mass is 10.2. The summed E-state index contributed by atoms with van der Waals surface area (Å²) in [7, 11) is 5.44. The molecule has 1 amide bonds. The number of benzene rings is 2. The smallest absolute Gasteiger partial charge is 0.269 e. The van der Waals surface area contributed by atoms with Crippen molar-refractivity contribution in [2.45, 2.75) is 0 Å². The molecule has 3 rings (SSSR count). The number of hydrogen-bond acceptors (Lipinski definition) is 7. The molecule has 0 unspecified atom stereocenters. The van der Waals surface area contributed by atoms with E-state index in [0.717, 1.165) is 4.70 Å². The summed E-state index contributed by atoms with van der Waals surface area (Å²) in [5, 5.41) is 11.4. The van der Waals surface area contributed by atoms with Crippen molar-refractivity contribution >= 4 is 50.7 Å². The minimum absolute atomic E-state index is 0. The normalized spacial score (nSPS) is 10.6. The molecular formula is C19H21ClN4O4S. The lowest BCUT2D eigenvalue weighted by Crippen LogP contribution is -2.36. The lowest BCUT2D eigenvalue weighted by Gasteiger charge is -2.22. The van der Waals surface area contributed by atoms with E-state index >= 15 is 0 Å². The van der Waals surface area contributed by atoms with Gasteiger partial charge in [-0.05, 0) is 38.4 Å². The number of nitro benzene ring substituents is 1. The second-order valence-electron chi connectivity index (χ2n) is 6.37. The molecule has 154 valence electrons. The van der Waals surface area contributed by atoms with E-state index in [-0.39, 0.29) is 24.0 Å². The van der Waals surface area contributed by atoms with Gasteiger partial charge >= 0.3 is 0 Å². The van der Waals surface area contributed by atoms with E-state index in [2.05, 4.69) is 4.98 Å². The maximum absolute atomic E-state index is 13.1. The molecule has 0 bridgehead atoms. The Kier molecular flexibility index (Phi) is 7.49. The summed E-state index contributed by atoms with van der Waals surface area (Å²) in [5.41, 5.74) is 1.02. The quantitative estimate of drug-likeness (QED) is 0.413. The molecule has 10 heteroatoms. The van der Waals surface area contributed by atoms with E-state index in [9.17, 15) is 14.9 Å². The first-order valence-electron chi connectivity index (χ1n) is 8.55. The molecule has 0 fully saturated rings. The molecule has 0 atom stereocenters. The number of methoxy groups -OCH3 is 1. The van der Waals surface area contributed by atoms with Gasteiger partial charge in [-0.15, -0.1) is 12.4 Å². The molecule has 0 aliphatic carbocycles. The van der Waals surface area contributed by atoms with E-state index in [1.54, 1.807) is 12.0 Å². The zero-order chi connectivity index (χ0) is 20.3. The third-order valence-electron chi connectivity index (χ3n) is 4.16. The number of likely N-dealkylation sites (N-methyl/N-ethyl adjacent to an activating group) is 1. The standard InChI is InChI=1S/C19H20N4O4S.ClH/c1-21(2)11-12-22(18(24)13-7-9-14(10-8-13)23(25)26)19-20-17-15(27-3)5-4-6-16(17)28-19;/h4-10H,11-12H2,1-3H3;1H. The molecule has 3 aromatic rings. The lowest BCUT2D eigenvalue weighted by molar-refractivity contribution is -0.384. The third kappa shape index (κ3) is 5.00. The molecule has 0 spiro atoms. The van der Waals surface area contributed by atoms with E-state index < -0.39 is 4.92 Å². The molecule has 29 heavy (non-hydrogen) atoms. The van der Waals surface area contributed by atoms with Gasteiger partial charge in [0.15, 0.2) is 5.13 Å². The monoisotopic (exact) mass is 436 g/mol. The zero-order valence-electron chi connectivity index (χ0n) is 16.2. The van der Waals surface area contributed by atoms with Gasteiger partial charge in [-0.25, -0.2) is 4.98 Å². The van der Waals surface area contributed by atoms with Gasteiger partial charge < -0.3 is 9.64 Å². The number of carbonyl (C=O) groups is 1. The number of fused-ring (bicyclic) bond motifs is 1. The average Bonchev–Trinajstić information content (AvgIpc) is 3.11. The van der Waals surface area contributed by atoms with Crippen LogP contribution in [0.25, 0.3) is 10.2 Å². The van der Waals surface area contributed by atoms with Crippen LogP contribution in [0.3, 0.4) is 0 Å². The van der Waals surface area contributed by atoms with Crippen molar-refractivity contribution in [1.82, 2.24) is 9.88 Å². The summed E-state index contributed by atoms with van der Waals surface area (Å²) in [6.45, 7) is 1.08. The Hall–Kier alpha value is -2.75. The van der Waals surface area contributed by atoms with Crippen LogP contribution in [0, 0.1) is 10.1 Å². The van der Waals surface area contributed by atoms with E-state index in [0.29, 0.717) is 35.1 Å². The number of halogens is 1. The number of amides is 1. The zero-order valence-corrected chi connectivity index (χ0v) is 17.8. The van der Waals surface area contributed by atoms with Gasteiger partial charge in [0.25, 0.3) is 11.6 Å². The minimum Gasteiger partial charge on any atom is -0.494 e. The van der Waals surface area contributed by atoms with Crippen molar-refractivity contribution in [1.29, 1.82) is 0 Å². The predicted octanol–water partition coefficient (Wildman–Crippen LogP) is 3.84. The van der Waals surface area contributed by atoms with Crippen LogP contribution >= 0.6 is 23.7 Å². The van der Waals surface area contributed by atoms with Gasteiger partial charge in [0.05, 0.1) is 16.7 Å². The van der Waals surface area contributed by atoms with Gasteiger partial charge in [-0.3, -0.25) is 19.8 Å². The number of aromatic nitrogens is 1. The Morgan fingerprint density at radius 3 is 2.45 bits per heavy atom. The molecule has 0 saturated heterocycles. The Bertz CT molecular complexity index is 1010. The van der Waals surface area contributed by atoms with E-state index in [4.69, 9.17) is 4.74 Å². The number of nitro groups is 1. The molecule has 8 nitrogen and oxygen atoms in total. The van der Waals surface area contributed by atoms with Crippen molar-refractivity contribution < 1.29 is 14.5 Å². The molecule has 0 aliphatic rings. The molecule has 1 aromatic heterocycles. The number of non-ortho nitro benzene ring substituents is 1. The van der Waals surface area contributed by atoms with Crippen molar-refractivity contribution in [3.63, 3.8) is 0 Å². The number of para-hydroxylation sites is 1. The van der Waals surface area contributed by atoms with Gasteiger partial charge in [0.2, 0.25) is 0 Å². The number of nitrogens with zero attached hydrogens (tertiary/aromatic N) is 4. The van der Waals surface area contributed by atoms with Gasteiger partial charge in [0, 0.05) is 30.8 Å². The summed E-state index contributed by atoms with van der Waals surface area (Å²) in [4.78, 5) is 31.7. The van der Waals surface area contributed by atoms with Gasteiger partial charge in [-0.1, -0.05) is 17.4 Å². The van der Waals surface area contributed by atoms with E-state index in [1.807, 2.05) is 37.2 Å². The van der Waals surface area contributed by atoms with Crippen LogP contribution in [0.2, 0.25) is 0 Å². The number of rotatable bonds is 7. The topological polar surface area (TPSA) is 88.8 Å². The number of anilines is 1. The van der Waals surface area contributed by atoms with Crippen molar-refractivity contribution in [3.8, 4) is 5.75 Å². The summed E-state index contributed by atoms with van der Waals surface area (Å²) in [6.07, 6.45) is 0. The Labute approximate surface area is 178 Å². The van der Waals surface area contributed by atoms with Crippen molar-refractivity contribution in [2.24, 2.45) is 0 Å². The maximum atomic E-state index is 13.1. The summed E-state index contributed by atoms with van der Waals surface area (Å²) in [5.74, 6) is 0.394. The molecule has 0 radical (unpaired) electrons. The maximum Gasteiger partial charge on any atom is 0.269 e. The van der Waals surface area contributed by atoms with Crippen LogP contribution in [-0.4, -0.2) is 55.0 Å². The third-order valence-corrected chi connectivity index (χ3v) is 5.21. The largest absolute Gasteiger partial charge is 0.494 e. The highest BCUT2D eigenvalue weighted by Gasteiger charge is 2.23. The van der Waals surface area contributed by atoms with Crippen LogP contribution in [0.5, 0.6) is 5.75 Å². The summed E-state index contributed by atoms with van der Waals surface area (Å²) >= 11 is 1.40. The number of ether oxygens (including phenoxy) is 1. The van der Waals surface area contributed by atoms with Gasteiger partial charge in [-0.2, -0.15) is 0 Å². The molecule has 1 heterocycles. The minimum atomic E-state index is -0.488. The number of thiazole rings is 1. The van der Waals surface area contributed by atoms with E-state index in [1.165, 1.54) is 35.6 Å². The average molecular weight is 437 g/mol. The van der Waals surface area contributed by atoms with Crippen LogP contribution in [0.1, 0.15) is 10.4 Å². The van der Waals surface area contributed by atoms with Gasteiger partial charge in [0.1, 0.15) is 11.3 Å². The second kappa shape index (κ2) is 9.64.